The van der Waals surface area contributed by atoms with Gasteiger partial charge in [-0.05, 0) is 55.2 Å². The fourth-order valence-electron chi connectivity index (χ4n) is 3.30. The van der Waals surface area contributed by atoms with E-state index in [1.807, 2.05) is 37.3 Å². The summed E-state index contributed by atoms with van der Waals surface area (Å²) in [7, 11) is 0. The molecular weight excluding hydrogens is 330 g/mol. The molecule has 1 heterocycles. The Labute approximate surface area is 154 Å². The second kappa shape index (κ2) is 8.43. The molecule has 25 heavy (non-hydrogen) atoms. The van der Waals surface area contributed by atoms with Crippen molar-refractivity contribution in [2.24, 2.45) is 0 Å². The number of thiocarbonyl (C=S) groups is 1. The predicted octanol–water partition coefficient (Wildman–Crippen LogP) is 3.52. The summed E-state index contributed by atoms with van der Waals surface area (Å²) in [6.07, 6.45) is 1.50. The Morgan fingerprint density at radius 1 is 1.16 bits per heavy atom. The van der Waals surface area contributed by atoms with E-state index in [-0.39, 0.29) is 6.04 Å². The van der Waals surface area contributed by atoms with Gasteiger partial charge in [-0.3, -0.25) is 0 Å². The molecule has 0 bridgehead atoms. The van der Waals surface area contributed by atoms with Gasteiger partial charge >= 0.3 is 0 Å². The number of rotatable bonds is 5. The van der Waals surface area contributed by atoms with E-state index in [1.165, 1.54) is 5.56 Å². The highest BCUT2D eigenvalue weighted by Gasteiger charge is 2.30. The molecule has 3 unspecified atom stereocenters. The van der Waals surface area contributed by atoms with Crippen LogP contribution in [0.1, 0.15) is 43.0 Å². The fraction of sp³-hybridized carbons (Fsp3) is 0.350. The van der Waals surface area contributed by atoms with E-state index in [0.717, 1.165) is 30.6 Å². The van der Waals surface area contributed by atoms with Crippen LogP contribution in [0.3, 0.4) is 0 Å². The van der Waals surface area contributed by atoms with Gasteiger partial charge in [0.25, 0.3) is 0 Å². The van der Waals surface area contributed by atoms with Crippen molar-refractivity contribution in [2.75, 3.05) is 11.9 Å². The molecule has 1 aliphatic rings. The molecule has 3 rings (SSSR count). The van der Waals surface area contributed by atoms with Crippen LogP contribution < -0.4 is 16.0 Å². The topological polar surface area (TPSA) is 56.3 Å². The van der Waals surface area contributed by atoms with Gasteiger partial charge in [0.1, 0.15) is 0 Å². The van der Waals surface area contributed by atoms with Crippen molar-refractivity contribution in [1.82, 2.24) is 10.6 Å². The third-order valence-electron chi connectivity index (χ3n) is 4.61. The van der Waals surface area contributed by atoms with Gasteiger partial charge < -0.3 is 21.1 Å². The first-order valence-electron chi connectivity index (χ1n) is 8.81. The number of anilines is 1. The summed E-state index contributed by atoms with van der Waals surface area (Å²) in [6, 6.07) is 18.6. The Morgan fingerprint density at radius 2 is 1.88 bits per heavy atom. The summed E-state index contributed by atoms with van der Waals surface area (Å²) in [4.78, 5) is 0. The number of hydrogen-bond acceptors (Lipinski definition) is 3. The van der Waals surface area contributed by atoms with Crippen molar-refractivity contribution < 1.29 is 5.11 Å². The Hall–Kier alpha value is -1.95. The zero-order valence-electron chi connectivity index (χ0n) is 14.4. The van der Waals surface area contributed by atoms with Gasteiger partial charge in [-0.25, -0.2) is 0 Å². The van der Waals surface area contributed by atoms with E-state index in [4.69, 9.17) is 12.2 Å². The molecule has 4 nitrogen and oxygen atoms in total. The summed E-state index contributed by atoms with van der Waals surface area (Å²) in [5.74, 6) is 0. The van der Waals surface area contributed by atoms with Gasteiger partial charge in [0, 0.05) is 24.3 Å². The van der Waals surface area contributed by atoms with Gasteiger partial charge in [-0.2, -0.15) is 0 Å². The van der Waals surface area contributed by atoms with Gasteiger partial charge in [0.15, 0.2) is 5.11 Å². The number of nitrogens with one attached hydrogen (secondary N) is 3. The van der Waals surface area contributed by atoms with E-state index < -0.39 is 6.10 Å². The Morgan fingerprint density at radius 3 is 2.56 bits per heavy atom. The van der Waals surface area contributed by atoms with Crippen LogP contribution in [0.5, 0.6) is 0 Å². The van der Waals surface area contributed by atoms with Gasteiger partial charge in [-0.1, -0.05) is 42.5 Å². The SMILES string of the molecule is CCNC(=S)Nc1ccc(C(O)C2CCC(c3ccccc3)N2)cc1. The van der Waals surface area contributed by atoms with Crippen molar-refractivity contribution >= 4 is 23.0 Å². The normalized spacial score (nSPS) is 20.9. The summed E-state index contributed by atoms with van der Waals surface area (Å²) in [5, 5.41) is 21.1. The molecular formula is C20H25N3OS. The van der Waals surface area contributed by atoms with Crippen LogP contribution >= 0.6 is 12.2 Å². The van der Waals surface area contributed by atoms with Crippen LogP contribution in [-0.2, 0) is 0 Å². The maximum Gasteiger partial charge on any atom is 0.170 e. The quantitative estimate of drug-likeness (QED) is 0.619. The van der Waals surface area contributed by atoms with Crippen molar-refractivity contribution in [3.8, 4) is 0 Å². The molecule has 0 aromatic heterocycles. The standard InChI is InChI=1S/C20H25N3OS/c1-2-21-20(25)22-16-10-8-15(9-11-16)19(24)18-13-12-17(23-18)14-6-4-3-5-7-14/h3-11,17-19,23-24H,2,12-13H2,1H3,(H2,21,22,25). The van der Waals surface area contributed by atoms with Crippen LogP contribution in [0.2, 0.25) is 0 Å². The van der Waals surface area contributed by atoms with Gasteiger partial charge in [0.05, 0.1) is 6.10 Å². The summed E-state index contributed by atoms with van der Waals surface area (Å²) in [6.45, 7) is 2.79. The van der Waals surface area contributed by atoms with Crippen LogP contribution in [0.4, 0.5) is 5.69 Å². The lowest BCUT2D eigenvalue weighted by Crippen LogP contribution is -2.30. The van der Waals surface area contributed by atoms with E-state index >= 15 is 0 Å². The highest BCUT2D eigenvalue weighted by molar-refractivity contribution is 7.80. The Balaban J connectivity index is 1.60. The maximum absolute atomic E-state index is 10.7. The summed E-state index contributed by atoms with van der Waals surface area (Å²) < 4.78 is 0. The highest BCUT2D eigenvalue weighted by atomic mass is 32.1. The molecule has 1 saturated heterocycles. The summed E-state index contributed by atoms with van der Waals surface area (Å²) in [5.41, 5.74) is 3.13. The number of aliphatic hydroxyl groups excluding tert-OH is 1. The molecule has 0 radical (unpaired) electrons. The largest absolute Gasteiger partial charge is 0.387 e. The maximum atomic E-state index is 10.7. The van der Waals surface area contributed by atoms with Crippen LogP contribution in [-0.4, -0.2) is 22.8 Å². The lowest BCUT2D eigenvalue weighted by molar-refractivity contribution is 0.135. The molecule has 0 spiro atoms. The molecule has 3 atom stereocenters. The molecule has 132 valence electrons. The fourth-order valence-corrected chi connectivity index (χ4v) is 3.56. The van der Waals surface area contributed by atoms with Gasteiger partial charge in [-0.15, -0.1) is 0 Å². The van der Waals surface area contributed by atoms with E-state index in [9.17, 15) is 5.11 Å². The minimum absolute atomic E-state index is 0.0758. The second-order valence-corrected chi connectivity index (χ2v) is 6.77. The van der Waals surface area contributed by atoms with Crippen LogP contribution in [0.15, 0.2) is 54.6 Å². The van der Waals surface area contributed by atoms with Crippen molar-refractivity contribution in [3.63, 3.8) is 0 Å². The highest BCUT2D eigenvalue weighted by Crippen LogP contribution is 2.32. The first kappa shape index (κ1) is 17.9. The number of benzene rings is 2. The third kappa shape index (κ3) is 4.57. The minimum Gasteiger partial charge on any atom is -0.387 e. The minimum atomic E-state index is -0.511. The van der Waals surface area contributed by atoms with Crippen molar-refractivity contribution in [3.05, 3.63) is 65.7 Å². The van der Waals surface area contributed by atoms with E-state index in [0.29, 0.717) is 11.2 Å². The molecule has 0 aliphatic carbocycles. The van der Waals surface area contributed by atoms with Crippen molar-refractivity contribution in [1.29, 1.82) is 0 Å². The smallest absolute Gasteiger partial charge is 0.170 e. The Kier molecular flexibility index (Phi) is 6.02. The average Bonchev–Trinajstić information content (AvgIpc) is 3.13. The molecule has 2 aromatic carbocycles. The first-order valence-corrected chi connectivity index (χ1v) is 9.22. The van der Waals surface area contributed by atoms with Crippen molar-refractivity contribution in [2.45, 2.75) is 38.0 Å². The Bertz CT molecular complexity index is 690. The van der Waals surface area contributed by atoms with E-state index in [1.54, 1.807) is 0 Å². The van der Waals surface area contributed by atoms with E-state index in [2.05, 4.69) is 40.2 Å². The average molecular weight is 356 g/mol. The lowest BCUT2D eigenvalue weighted by atomic mass is 10.0. The van der Waals surface area contributed by atoms with Gasteiger partial charge in [0.2, 0.25) is 0 Å². The first-order chi connectivity index (χ1) is 12.2. The zero-order valence-corrected chi connectivity index (χ0v) is 15.2. The molecule has 0 amide bonds. The second-order valence-electron chi connectivity index (χ2n) is 6.37. The lowest BCUT2D eigenvalue weighted by Gasteiger charge is -2.21. The third-order valence-corrected chi connectivity index (χ3v) is 4.86. The molecule has 1 fully saturated rings. The molecule has 5 heteroatoms. The monoisotopic (exact) mass is 355 g/mol. The molecule has 2 aromatic rings. The van der Waals surface area contributed by atoms with Crippen LogP contribution in [0.25, 0.3) is 0 Å². The summed E-state index contributed by atoms with van der Waals surface area (Å²) >= 11 is 5.18. The zero-order chi connectivity index (χ0) is 17.6. The van der Waals surface area contributed by atoms with Crippen LogP contribution in [0, 0.1) is 0 Å². The number of aliphatic hydroxyl groups is 1. The molecule has 4 N–H and O–H groups in total. The predicted molar refractivity (Wildman–Crippen MR) is 107 cm³/mol. The molecule has 0 saturated carbocycles. The molecule has 1 aliphatic heterocycles. The number of hydrogen-bond donors (Lipinski definition) is 4.